The first kappa shape index (κ1) is 17.0. The van der Waals surface area contributed by atoms with Gasteiger partial charge in [-0.05, 0) is 67.4 Å². The van der Waals surface area contributed by atoms with Crippen molar-refractivity contribution in [3.8, 4) is 0 Å². The average Bonchev–Trinajstić information content (AvgIpc) is 2.27. The Balaban J connectivity index is 2.59. The molecule has 0 aromatic carbocycles. The van der Waals surface area contributed by atoms with Crippen molar-refractivity contribution >= 4 is 0 Å². The Hall–Kier alpha value is -0.0400. The molecule has 0 aromatic rings. The third kappa shape index (κ3) is 5.45. The van der Waals surface area contributed by atoms with Crippen molar-refractivity contribution in [2.75, 3.05) is 13.1 Å². The Kier molecular flexibility index (Phi) is 6.36. The monoisotopic (exact) mass is 267 g/mol. The van der Waals surface area contributed by atoms with Crippen molar-refractivity contribution in [1.29, 1.82) is 0 Å². The van der Waals surface area contributed by atoms with E-state index in [9.17, 15) is 0 Å². The summed E-state index contributed by atoms with van der Waals surface area (Å²) in [5.74, 6) is 4.34. The van der Waals surface area contributed by atoms with Crippen LogP contribution in [0.3, 0.4) is 0 Å². The van der Waals surface area contributed by atoms with Crippen LogP contribution in [-0.2, 0) is 0 Å². The Morgan fingerprint density at radius 3 is 2.16 bits per heavy atom. The van der Waals surface area contributed by atoms with Crippen molar-refractivity contribution in [2.45, 2.75) is 67.7 Å². The van der Waals surface area contributed by atoms with E-state index in [1.807, 2.05) is 0 Å². The van der Waals surface area contributed by atoms with Gasteiger partial charge in [0.2, 0.25) is 0 Å². The minimum Gasteiger partial charge on any atom is -0.316 e. The summed E-state index contributed by atoms with van der Waals surface area (Å²) in [6, 6.07) is 0. The van der Waals surface area contributed by atoms with E-state index in [2.05, 4.69) is 53.8 Å². The van der Waals surface area contributed by atoms with Crippen molar-refractivity contribution in [3.05, 3.63) is 0 Å². The van der Waals surface area contributed by atoms with Crippen LogP contribution in [0.15, 0.2) is 0 Å². The average molecular weight is 268 g/mol. The van der Waals surface area contributed by atoms with Crippen LogP contribution < -0.4 is 5.32 Å². The molecule has 0 saturated heterocycles. The molecular formula is C18H37N. The Morgan fingerprint density at radius 2 is 1.68 bits per heavy atom. The van der Waals surface area contributed by atoms with E-state index in [0.717, 1.165) is 29.6 Å². The summed E-state index contributed by atoms with van der Waals surface area (Å²) in [4.78, 5) is 0. The first-order chi connectivity index (χ1) is 8.71. The predicted octanol–water partition coefficient (Wildman–Crippen LogP) is 4.97. The maximum atomic E-state index is 3.70. The van der Waals surface area contributed by atoms with E-state index in [-0.39, 0.29) is 0 Å². The van der Waals surface area contributed by atoms with Crippen LogP contribution in [0.1, 0.15) is 67.7 Å². The summed E-state index contributed by atoms with van der Waals surface area (Å²) in [5.41, 5.74) is 0.456. The highest BCUT2D eigenvalue weighted by Gasteiger charge is 2.37. The molecular weight excluding hydrogens is 230 g/mol. The van der Waals surface area contributed by atoms with E-state index in [1.165, 1.54) is 32.4 Å². The van der Waals surface area contributed by atoms with Gasteiger partial charge in [0.15, 0.2) is 0 Å². The van der Waals surface area contributed by atoms with Gasteiger partial charge in [-0.15, -0.1) is 0 Å². The molecule has 1 fully saturated rings. The topological polar surface area (TPSA) is 12.0 Å². The Morgan fingerprint density at radius 1 is 1.05 bits per heavy atom. The molecule has 0 amide bonds. The van der Waals surface area contributed by atoms with Gasteiger partial charge in [0.05, 0.1) is 0 Å². The maximum absolute atomic E-state index is 3.70. The van der Waals surface area contributed by atoms with Gasteiger partial charge >= 0.3 is 0 Å². The number of hydrogen-bond donors (Lipinski definition) is 1. The van der Waals surface area contributed by atoms with Crippen LogP contribution in [0.5, 0.6) is 0 Å². The summed E-state index contributed by atoms with van der Waals surface area (Å²) < 4.78 is 0. The van der Waals surface area contributed by atoms with E-state index >= 15 is 0 Å². The highest BCUT2D eigenvalue weighted by atomic mass is 14.9. The molecule has 3 atom stereocenters. The minimum atomic E-state index is 0.456. The number of hydrogen-bond acceptors (Lipinski definition) is 1. The molecule has 0 spiro atoms. The lowest BCUT2D eigenvalue weighted by atomic mass is 9.62. The largest absolute Gasteiger partial charge is 0.316 e. The van der Waals surface area contributed by atoms with Gasteiger partial charge in [-0.3, -0.25) is 0 Å². The SMILES string of the molecule is CC(C)CNCC1CCC(C(C)C)CC1C(C)(C)C. The van der Waals surface area contributed by atoms with Crippen molar-refractivity contribution < 1.29 is 0 Å². The second kappa shape index (κ2) is 7.11. The van der Waals surface area contributed by atoms with Gasteiger partial charge in [0.1, 0.15) is 0 Å². The predicted molar refractivity (Wildman–Crippen MR) is 86.3 cm³/mol. The molecule has 0 heterocycles. The summed E-state index contributed by atoms with van der Waals surface area (Å²) in [5, 5.41) is 3.70. The first-order valence-electron chi connectivity index (χ1n) is 8.42. The van der Waals surface area contributed by atoms with Crippen LogP contribution in [0.25, 0.3) is 0 Å². The van der Waals surface area contributed by atoms with Gasteiger partial charge < -0.3 is 5.32 Å². The van der Waals surface area contributed by atoms with Gasteiger partial charge in [-0.25, -0.2) is 0 Å². The lowest BCUT2D eigenvalue weighted by molar-refractivity contribution is 0.0601. The van der Waals surface area contributed by atoms with Crippen LogP contribution in [-0.4, -0.2) is 13.1 Å². The van der Waals surface area contributed by atoms with Gasteiger partial charge in [-0.2, -0.15) is 0 Å². The van der Waals surface area contributed by atoms with Gasteiger partial charge in [0.25, 0.3) is 0 Å². The number of rotatable bonds is 5. The second-order valence-corrected chi connectivity index (χ2v) is 8.60. The molecule has 1 nitrogen and oxygen atoms in total. The summed E-state index contributed by atoms with van der Waals surface area (Å²) in [6.07, 6.45) is 4.31. The van der Waals surface area contributed by atoms with Crippen LogP contribution >= 0.6 is 0 Å². The Labute approximate surface area is 121 Å². The van der Waals surface area contributed by atoms with Crippen LogP contribution in [0.2, 0.25) is 0 Å². The van der Waals surface area contributed by atoms with E-state index < -0.39 is 0 Å². The van der Waals surface area contributed by atoms with Crippen molar-refractivity contribution in [3.63, 3.8) is 0 Å². The zero-order chi connectivity index (χ0) is 14.6. The highest BCUT2D eigenvalue weighted by Crippen LogP contribution is 2.45. The van der Waals surface area contributed by atoms with E-state index in [1.54, 1.807) is 0 Å². The summed E-state index contributed by atoms with van der Waals surface area (Å²) in [7, 11) is 0. The molecule has 1 N–H and O–H groups in total. The molecule has 0 bridgehead atoms. The standard InChI is InChI=1S/C18H37N/c1-13(2)11-19-12-16-9-8-15(14(3)4)10-17(16)18(5,6)7/h13-17,19H,8-12H2,1-7H3. The summed E-state index contributed by atoms with van der Waals surface area (Å²) >= 11 is 0. The Bertz CT molecular complexity index is 247. The smallest absolute Gasteiger partial charge is 0.00176 e. The zero-order valence-electron chi connectivity index (χ0n) is 14.4. The fourth-order valence-electron chi connectivity index (χ4n) is 3.73. The molecule has 1 heteroatoms. The van der Waals surface area contributed by atoms with E-state index in [0.29, 0.717) is 5.41 Å². The number of nitrogens with one attached hydrogen (secondary N) is 1. The minimum absolute atomic E-state index is 0.456. The normalized spacial score (nSPS) is 29.2. The third-order valence-electron chi connectivity index (χ3n) is 5.05. The fraction of sp³-hybridized carbons (Fsp3) is 1.00. The third-order valence-corrected chi connectivity index (χ3v) is 5.05. The molecule has 0 aromatic heterocycles. The molecule has 1 aliphatic carbocycles. The quantitative estimate of drug-likeness (QED) is 0.742. The molecule has 0 radical (unpaired) electrons. The second-order valence-electron chi connectivity index (χ2n) is 8.60. The molecule has 0 aliphatic heterocycles. The molecule has 3 unspecified atom stereocenters. The highest BCUT2D eigenvalue weighted by molar-refractivity contribution is 4.88. The van der Waals surface area contributed by atoms with Crippen LogP contribution in [0, 0.1) is 35.0 Å². The lowest BCUT2D eigenvalue weighted by Gasteiger charge is -2.45. The van der Waals surface area contributed by atoms with Crippen molar-refractivity contribution in [2.24, 2.45) is 35.0 Å². The molecule has 1 aliphatic rings. The van der Waals surface area contributed by atoms with Crippen molar-refractivity contribution in [1.82, 2.24) is 5.32 Å². The molecule has 114 valence electrons. The molecule has 1 rings (SSSR count). The molecule has 19 heavy (non-hydrogen) atoms. The first-order valence-corrected chi connectivity index (χ1v) is 8.42. The lowest BCUT2D eigenvalue weighted by Crippen LogP contribution is -2.40. The zero-order valence-corrected chi connectivity index (χ0v) is 14.4. The van der Waals surface area contributed by atoms with Gasteiger partial charge in [0, 0.05) is 0 Å². The summed E-state index contributed by atoms with van der Waals surface area (Å²) in [6.45, 7) is 19.1. The fourth-order valence-corrected chi connectivity index (χ4v) is 3.73. The maximum Gasteiger partial charge on any atom is -0.00176 e. The van der Waals surface area contributed by atoms with E-state index in [4.69, 9.17) is 0 Å². The van der Waals surface area contributed by atoms with Crippen LogP contribution in [0.4, 0.5) is 0 Å². The molecule has 1 saturated carbocycles. The van der Waals surface area contributed by atoms with Gasteiger partial charge in [-0.1, -0.05) is 48.5 Å².